The number of ether oxygens (including phenoxy) is 4. The highest BCUT2D eigenvalue weighted by molar-refractivity contribution is 7.47. The van der Waals surface area contributed by atoms with Gasteiger partial charge >= 0.3 is 39.5 Å². The third-order valence-corrected chi connectivity index (χ3v) is 19.4. The van der Waals surface area contributed by atoms with E-state index in [0.717, 1.165) is 180 Å². The molecule has 0 saturated heterocycles. The van der Waals surface area contributed by atoms with Crippen molar-refractivity contribution in [1.29, 1.82) is 0 Å². The predicted molar refractivity (Wildman–Crippen MR) is 427 cm³/mol. The Bertz CT molecular complexity index is 2350. The normalized spacial score (nSPS) is 14.3. The van der Waals surface area contributed by atoms with E-state index in [-0.39, 0.29) is 25.7 Å². The van der Waals surface area contributed by atoms with Crippen molar-refractivity contribution in [3.05, 3.63) is 97.2 Å². The predicted octanol–water partition coefficient (Wildman–Crippen LogP) is 24.3. The zero-order chi connectivity index (χ0) is 76.0. The number of unbranched alkanes of at least 4 members (excludes halogenated alkanes) is 36. The minimum atomic E-state index is -4.98. The molecule has 0 fully saturated rings. The number of phosphoric acid groups is 2. The van der Waals surface area contributed by atoms with Gasteiger partial charge in [-0.3, -0.25) is 37.3 Å². The first-order chi connectivity index (χ1) is 50.7. The van der Waals surface area contributed by atoms with Crippen molar-refractivity contribution in [2.24, 2.45) is 0 Å². The number of allylic oxidation sites excluding steroid dienone is 16. The van der Waals surface area contributed by atoms with E-state index in [1.807, 2.05) is 0 Å². The van der Waals surface area contributed by atoms with Gasteiger partial charge < -0.3 is 33.8 Å². The van der Waals surface area contributed by atoms with Crippen molar-refractivity contribution < 1.29 is 80.2 Å². The number of carbonyl (C=O) groups is 4. The minimum Gasteiger partial charge on any atom is -0.462 e. The van der Waals surface area contributed by atoms with Crippen LogP contribution in [0.1, 0.15) is 362 Å². The Morgan fingerprint density at radius 1 is 0.279 bits per heavy atom. The SMILES string of the molecule is CC/C=C\C/C=C\C/C=C\C/C=C\CCCCCCCCC(=O)OCC(COP(=O)(O)OCC(O)COP(=O)(O)OCC(COC(=O)CCCCCCC/C=C\C/C=C\C/C=C\CC)OC(=O)CCCCCCC/C=C\CCCCCCCC)OC(=O)CCCCCCCCCCCCCCCCC. The fourth-order valence-corrected chi connectivity index (χ4v) is 12.9. The van der Waals surface area contributed by atoms with Gasteiger partial charge in [0, 0.05) is 25.7 Å². The molecule has 0 rings (SSSR count). The molecule has 0 bridgehead atoms. The van der Waals surface area contributed by atoms with Crippen LogP contribution >= 0.6 is 15.6 Å². The second-order valence-corrected chi connectivity index (χ2v) is 30.6. The lowest BCUT2D eigenvalue weighted by Crippen LogP contribution is -2.30. The van der Waals surface area contributed by atoms with Crippen LogP contribution in [0.2, 0.25) is 0 Å². The van der Waals surface area contributed by atoms with Crippen molar-refractivity contribution in [2.45, 2.75) is 380 Å². The van der Waals surface area contributed by atoms with Gasteiger partial charge in [-0.15, -0.1) is 0 Å². The number of aliphatic hydroxyl groups excluding tert-OH is 1. The number of hydrogen-bond donors (Lipinski definition) is 3. The first-order valence-electron chi connectivity index (χ1n) is 41.5. The molecule has 5 atom stereocenters. The van der Waals surface area contributed by atoms with E-state index in [1.54, 1.807) is 0 Å². The third kappa shape index (κ3) is 76.2. The topological polar surface area (TPSA) is 237 Å². The molecular formula is C85H150O17P2. The van der Waals surface area contributed by atoms with Crippen LogP contribution in [-0.2, 0) is 65.4 Å². The Hall–Kier alpha value is -4.02. The Morgan fingerprint density at radius 2 is 0.500 bits per heavy atom. The van der Waals surface area contributed by atoms with E-state index in [1.165, 1.54) is 103 Å². The van der Waals surface area contributed by atoms with Crippen molar-refractivity contribution in [1.82, 2.24) is 0 Å². The van der Waals surface area contributed by atoms with Crippen LogP contribution in [0, 0.1) is 0 Å². The molecule has 19 heteroatoms. The molecule has 0 aromatic carbocycles. The van der Waals surface area contributed by atoms with Gasteiger partial charge in [0.05, 0.1) is 26.4 Å². The molecule has 5 unspecified atom stereocenters. The highest BCUT2D eigenvalue weighted by Gasteiger charge is 2.30. The van der Waals surface area contributed by atoms with E-state index in [2.05, 4.69) is 125 Å². The molecule has 0 heterocycles. The van der Waals surface area contributed by atoms with Crippen molar-refractivity contribution in [2.75, 3.05) is 39.6 Å². The molecule has 0 aliphatic carbocycles. The van der Waals surface area contributed by atoms with Crippen LogP contribution in [0.3, 0.4) is 0 Å². The summed E-state index contributed by atoms with van der Waals surface area (Å²) in [5.74, 6) is -2.19. The van der Waals surface area contributed by atoms with Crippen LogP contribution in [0.25, 0.3) is 0 Å². The first-order valence-corrected chi connectivity index (χ1v) is 44.5. The van der Waals surface area contributed by atoms with E-state index in [9.17, 15) is 43.2 Å². The van der Waals surface area contributed by atoms with Gasteiger partial charge in [-0.2, -0.15) is 0 Å². The average Bonchev–Trinajstić information content (AvgIpc) is 0.918. The summed E-state index contributed by atoms with van der Waals surface area (Å²) >= 11 is 0. The third-order valence-electron chi connectivity index (χ3n) is 17.5. The van der Waals surface area contributed by atoms with Crippen molar-refractivity contribution >= 4 is 39.5 Å². The molecule has 0 radical (unpaired) electrons. The van der Waals surface area contributed by atoms with Crippen LogP contribution in [0.4, 0.5) is 0 Å². The van der Waals surface area contributed by atoms with Gasteiger partial charge in [0.15, 0.2) is 12.2 Å². The number of carbonyl (C=O) groups excluding carboxylic acids is 4. The van der Waals surface area contributed by atoms with Crippen LogP contribution < -0.4 is 0 Å². The van der Waals surface area contributed by atoms with Gasteiger partial charge in [-0.1, -0.05) is 311 Å². The molecule has 0 spiro atoms. The minimum absolute atomic E-state index is 0.0823. The lowest BCUT2D eigenvalue weighted by Gasteiger charge is -2.21. The molecule has 0 aromatic heterocycles. The molecule has 17 nitrogen and oxygen atoms in total. The van der Waals surface area contributed by atoms with E-state index < -0.39 is 97.5 Å². The summed E-state index contributed by atoms with van der Waals surface area (Å²) in [4.78, 5) is 73.1. The fraction of sp³-hybridized carbons (Fsp3) is 0.765. The standard InChI is InChI=1S/C85H150O17P2/c1-5-9-13-17-21-25-29-33-37-38-39-40-44-46-50-54-58-62-66-70-83(88)96-76-81(102-85(90)72-68-64-60-56-52-48-43-36-32-28-24-20-16-12-8-4)78-100-104(93,94)98-74-79(86)73-97-103(91,92)99-77-80(101-84(89)71-67-63-59-55-51-47-42-35-31-27-23-19-15-11-7-3)75-95-82(87)69-65-61-57-53-49-45-41-34-30-26-22-18-14-10-6-2/h9-10,13-14,21-22,25-26,33-35,37,39-42,79-81,86H,5-8,11-12,15-20,23-24,27-32,36,38,43-78H2,1-4H3,(H,91,92)(H,93,94)/b13-9-,14-10-,25-21-,26-22-,37-33-,40-39-,41-34-,42-35-. The lowest BCUT2D eigenvalue weighted by molar-refractivity contribution is -0.161. The van der Waals surface area contributed by atoms with Gasteiger partial charge in [0.25, 0.3) is 0 Å². The van der Waals surface area contributed by atoms with Crippen LogP contribution in [-0.4, -0.2) is 96.7 Å². The molecule has 0 aliphatic rings. The quantitative estimate of drug-likeness (QED) is 0.0169. The van der Waals surface area contributed by atoms with Crippen LogP contribution in [0.15, 0.2) is 97.2 Å². The Kier molecular flexibility index (Phi) is 74.2. The van der Waals surface area contributed by atoms with Gasteiger partial charge in [-0.25, -0.2) is 9.13 Å². The molecule has 104 heavy (non-hydrogen) atoms. The monoisotopic (exact) mass is 1510 g/mol. The fourth-order valence-electron chi connectivity index (χ4n) is 11.3. The van der Waals surface area contributed by atoms with Crippen molar-refractivity contribution in [3.63, 3.8) is 0 Å². The summed E-state index contributed by atoms with van der Waals surface area (Å²) in [5.41, 5.74) is 0. The van der Waals surface area contributed by atoms with E-state index in [4.69, 9.17) is 37.0 Å². The Balaban J connectivity index is 5.36. The van der Waals surface area contributed by atoms with E-state index >= 15 is 0 Å². The average molecular weight is 1510 g/mol. The number of phosphoric ester groups is 2. The number of esters is 4. The summed E-state index contributed by atoms with van der Waals surface area (Å²) in [6.45, 7) is 4.67. The molecular weight excluding hydrogens is 1350 g/mol. The smallest absolute Gasteiger partial charge is 0.462 e. The zero-order valence-corrected chi connectivity index (χ0v) is 67.7. The van der Waals surface area contributed by atoms with Crippen LogP contribution in [0.5, 0.6) is 0 Å². The number of hydrogen-bond acceptors (Lipinski definition) is 15. The second kappa shape index (κ2) is 77.1. The molecule has 602 valence electrons. The van der Waals surface area contributed by atoms with Crippen molar-refractivity contribution in [3.8, 4) is 0 Å². The molecule has 3 N–H and O–H groups in total. The first kappa shape index (κ1) is 100.0. The van der Waals surface area contributed by atoms with Gasteiger partial charge in [0.2, 0.25) is 0 Å². The summed E-state index contributed by atoms with van der Waals surface area (Å²) in [6, 6.07) is 0. The van der Waals surface area contributed by atoms with E-state index in [0.29, 0.717) is 25.7 Å². The molecule has 0 amide bonds. The van der Waals surface area contributed by atoms with Gasteiger partial charge in [-0.05, 0) is 122 Å². The maximum Gasteiger partial charge on any atom is 0.472 e. The Morgan fingerprint density at radius 3 is 0.779 bits per heavy atom. The summed E-state index contributed by atoms with van der Waals surface area (Å²) in [5, 5.41) is 10.7. The number of rotatable bonds is 78. The molecule has 0 saturated carbocycles. The second-order valence-electron chi connectivity index (χ2n) is 27.7. The molecule has 0 aromatic rings. The lowest BCUT2D eigenvalue weighted by atomic mass is 10.0. The zero-order valence-electron chi connectivity index (χ0n) is 65.9. The Labute approximate surface area is 633 Å². The highest BCUT2D eigenvalue weighted by Crippen LogP contribution is 2.45. The summed E-state index contributed by atoms with van der Waals surface area (Å²) in [7, 11) is -9.96. The highest BCUT2D eigenvalue weighted by atomic mass is 31.2. The summed E-state index contributed by atoms with van der Waals surface area (Å²) < 4.78 is 68.7. The largest absolute Gasteiger partial charge is 0.472 e. The van der Waals surface area contributed by atoms with Gasteiger partial charge in [0.1, 0.15) is 19.3 Å². The molecule has 0 aliphatic heterocycles. The summed E-state index contributed by atoms with van der Waals surface area (Å²) in [6.07, 6.45) is 82.3. The number of aliphatic hydroxyl groups is 1. The maximum absolute atomic E-state index is 13.1. The maximum atomic E-state index is 13.1.